The van der Waals surface area contributed by atoms with E-state index in [2.05, 4.69) is 43.1 Å². The first-order valence-electron chi connectivity index (χ1n) is 29.3. The third-order valence-corrected chi connectivity index (χ3v) is 14.4. The first-order chi connectivity index (χ1) is 36.7. The Labute approximate surface area is 454 Å². The number of amides is 1. The predicted octanol–water partition coefficient (Wildman–Crippen LogP) is 11.6. The molecule has 1 saturated heterocycles. The van der Waals surface area contributed by atoms with Gasteiger partial charge in [-0.25, -0.2) is 9.18 Å². The molecule has 17 heteroatoms. The summed E-state index contributed by atoms with van der Waals surface area (Å²) in [5.41, 5.74) is -3.24. The Bertz CT molecular complexity index is 1680. The van der Waals surface area contributed by atoms with Crippen LogP contribution in [-0.4, -0.2) is 124 Å². The molecule has 3 saturated carbocycles. The van der Waals surface area contributed by atoms with Gasteiger partial charge in [-0.2, -0.15) is 0 Å². The lowest BCUT2D eigenvalue weighted by molar-refractivity contribution is -0.222. The minimum absolute atomic E-state index is 0.0179. The zero-order chi connectivity index (χ0) is 55.2. The standard InChI is InChI=1S/C59H97FN2O14/c1-4-7-10-13-15-17-26-39-70-50(63)29-20-22-31-52(65)72-45-58(48-75-55(68)41-57-42-59(60,43-57)44-57,46-73-53(66)32-23-21-30-51(64)71-40-27-18-16-14-11-8-5-2)47-74-54(67)34-33-49(28-19-12-9-6-3)76-56(69)61-35-38-62-36-24-25-37-62/h15-18,49H,4-14,19-48H2,1-3H3,(H,61,69)/b17-15-,18-16-. The quantitative estimate of drug-likeness (QED) is 0.0261. The lowest BCUT2D eigenvalue weighted by Crippen LogP contribution is -2.64. The van der Waals surface area contributed by atoms with E-state index in [1.54, 1.807) is 0 Å². The van der Waals surface area contributed by atoms with Gasteiger partial charge in [-0.15, -0.1) is 0 Å². The van der Waals surface area contributed by atoms with E-state index in [0.29, 0.717) is 51.5 Å². The molecule has 434 valence electrons. The number of alkyl halides is 1. The Morgan fingerprint density at radius 2 is 0.961 bits per heavy atom. The molecule has 0 aromatic carbocycles. The highest BCUT2D eigenvalue weighted by Crippen LogP contribution is 2.71. The molecule has 76 heavy (non-hydrogen) atoms. The van der Waals surface area contributed by atoms with Crippen LogP contribution in [0, 0.1) is 10.8 Å². The van der Waals surface area contributed by atoms with Crippen LogP contribution < -0.4 is 5.32 Å². The molecular weight excluding hydrogens is 980 g/mol. The SMILES string of the molecule is CCCCC/C=C\CCOC(=O)CCCCC(=O)OCC(COC(=O)CCCCC(=O)OCC/C=C\CCCCC)(COC(=O)CCC(CCCCCC)OC(=O)NCCN1CCCC1)COC(=O)CC12CC(F)(C1)C2. The summed E-state index contributed by atoms with van der Waals surface area (Å²) < 4.78 is 54.0. The maximum absolute atomic E-state index is 14.4. The number of nitrogens with one attached hydrogen (secondary N) is 1. The molecule has 1 amide bonds. The van der Waals surface area contributed by atoms with Crippen molar-refractivity contribution in [3.8, 4) is 0 Å². The molecule has 3 aliphatic carbocycles. The molecule has 0 aromatic rings. The number of likely N-dealkylation sites (tertiary alicyclic amines) is 1. The molecule has 4 aliphatic rings. The zero-order valence-corrected chi connectivity index (χ0v) is 46.9. The Morgan fingerprint density at radius 3 is 1.43 bits per heavy atom. The van der Waals surface area contributed by atoms with Gasteiger partial charge in [0.15, 0.2) is 0 Å². The van der Waals surface area contributed by atoms with Gasteiger partial charge < -0.3 is 43.4 Å². The maximum Gasteiger partial charge on any atom is 0.407 e. The van der Waals surface area contributed by atoms with Gasteiger partial charge in [0.2, 0.25) is 0 Å². The molecule has 1 unspecified atom stereocenters. The summed E-state index contributed by atoms with van der Waals surface area (Å²) in [5, 5.41) is 2.84. The molecule has 4 rings (SSSR count). The molecule has 0 radical (unpaired) electrons. The number of allylic oxidation sites excluding steroid dienone is 2. The average Bonchev–Trinajstić information content (AvgIpc) is 3.93. The van der Waals surface area contributed by atoms with E-state index in [4.69, 9.17) is 33.2 Å². The molecule has 1 N–H and O–H groups in total. The lowest BCUT2D eigenvalue weighted by Gasteiger charge is -2.65. The van der Waals surface area contributed by atoms with Crippen LogP contribution in [0.15, 0.2) is 24.3 Å². The van der Waals surface area contributed by atoms with Crippen LogP contribution in [0.4, 0.5) is 9.18 Å². The minimum Gasteiger partial charge on any atom is -0.465 e. The van der Waals surface area contributed by atoms with E-state index in [-0.39, 0.29) is 89.4 Å². The maximum atomic E-state index is 14.4. The summed E-state index contributed by atoms with van der Waals surface area (Å²) in [6, 6.07) is 0. The van der Waals surface area contributed by atoms with Gasteiger partial charge >= 0.3 is 41.9 Å². The fourth-order valence-electron chi connectivity index (χ4n) is 9.86. The highest BCUT2D eigenvalue weighted by Gasteiger charge is 2.69. The summed E-state index contributed by atoms with van der Waals surface area (Å²) >= 11 is 0. The van der Waals surface area contributed by atoms with Crippen LogP contribution in [0.1, 0.15) is 220 Å². The van der Waals surface area contributed by atoms with E-state index in [1.807, 2.05) is 12.2 Å². The summed E-state index contributed by atoms with van der Waals surface area (Å²) in [4.78, 5) is 93.3. The highest BCUT2D eigenvalue weighted by molar-refractivity contribution is 5.73. The lowest BCUT2D eigenvalue weighted by atomic mass is 9.41. The topological polar surface area (TPSA) is 199 Å². The highest BCUT2D eigenvalue weighted by atomic mass is 19.1. The summed E-state index contributed by atoms with van der Waals surface area (Å²) in [6.07, 6.45) is 26.3. The van der Waals surface area contributed by atoms with Gasteiger partial charge in [0.1, 0.15) is 43.6 Å². The van der Waals surface area contributed by atoms with Crippen LogP contribution in [0.25, 0.3) is 0 Å². The average molecular weight is 1080 g/mol. The first-order valence-corrected chi connectivity index (χ1v) is 29.3. The summed E-state index contributed by atoms with van der Waals surface area (Å²) in [5.74, 6) is -3.25. The van der Waals surface area contributed by atoms with Gasteiger partial charge in [-0.3, -0.25) is 28.8 Å². The number of hydrogen-bond donors (Lipinski definition) is 1. The fraction of sp³-hybridized carbons (Fsp3) is 0.814. The third kappa shape index (κ3) is 29.8. The molecule has 0 aromatic heterocycles. The number of carbonyl (C=O) groups excluding carboxylic acids is 7. The van der Waals surface area contributed by atoms with Crippen molar-refractivity contribution in [2.24, 2.45) is 10.8 Å². The number of carbonyl (C=O) groups is 7. The van der Waals surface area contributed by atoms with Crippen molar-refractivity contribution in [1.29, 1.82) is 0 Å². The predicted molar refractivity (Wildman–Crippen MR) is 288 cm³/mol. The zero-order valence-electron chi connectivity index (χ0n) is 46.9. The number of nitrogens with zero attached hydrogens (tertiary/aromatic N) is 1. The molecule has 16 nitrogen and oxygen atoms in total. The van der Waals surface area contributed by atoms with Crippen molar-refractivity contribution in [2.75, 3.05) is 65.8 Å². The van der Waals surface area contributed by atoms with Crippen molar-refractivity contribution < 1.29 is 71.1 Å². The Balaban J connectivity index is 1.64. The second-order valence-electron chi connectivity index (χ2n) is 21.8. The summed E-state index contributed by atoms with van der Waals surface area (Å²) in [7, 11) is 0. The number of hydrogen-bond acceptors (Lipinski definition) is 15. The van der Waals surface area contributed by atoms with E-state index in [0.717, 1.165) is 96.7 Å². The monoisotopic (exact) mass is 1080 g/mol. The normalized spacial score (nSPS) is 18.4. The number of ether oxygens (including phenoxy) is 7. The Kier molecular flexibility index (Phi) is 33.7. The minimum atomic E-state index is -1.55. The molecule has 1 heterocycles. The van der Waals surface area contributed by atoms with Gasteiger partial charge in [0.05, 0.1) is 19.6 Å². The second-order valence-corrected chi connectivity index (χ2v) is 21.8. The summed E-state index contributed by atoms with van der Waals surface area (Å²) in [6.45, 7) is 8.29. The third-order valence-electron chi connectivity index (χ3n) is 14.4. The molecule has 0 spiro atoms. The Hall–Kier alpha value is -4.54. The smallest absolute Gasteiger partial charge is 0.407 e. The van der Waals surface area contributed by atoms with Crippen LogP contribution in [0.3, 0.4) is 0 Å². The largest absolute Gasteiger partial charge is 0.465 e. The van der Waals surface area contributed by atoms with Gasteiger partial charge in [-0.05, 0) is 134 Å². The van der Waals surface area contributed by atoms with E-state index >= 15 is 0 Å². The molecule has 4 fully saturated rings. The molecule has 1 aliphatic heterocycles. The van der Waals surface area contributed by atoms with Crippen LogP contribution in [0.5, 0.6) is 0 Å². The number of unbranched alkanes of at least 4 members (excludes halogenated alkanes) is 11. The first kappa shape index (κ1) is 65.7. The van der Waals surface area contributed by atoms with Crippen molar-refractivity contribution in [3.05, 3.63) is 24.3 Å². The van der Waals surface area contributed by atoms with E-state index in [9.17, 15) is 38.0 Å². The van der Waals surface area contributed by atoms with Crippen molar-refractivity contribution in [1.82, 2.24) is 10.2 Å². The Morgan fingerprint density at radius 1 is 0.526 bits per heavy atom. The van der Waals surface area contributed by atoms with Gasteiger partial charge in [0, 0.05) is 45.2 Å². The second kappa shape index (κ2) is 38.9. The molecular formula is C59H97FN2O14. The van der Waals surface area contributed by atoms with Crippen LogP contribution >= 0.6 is 0 Å². The number of esters is 6. The van der Waals surface area contributed by atoms with E-state index < -0.39 is 79.0 Å². The van der Waals surface area contributed by atoms with E-state index in [1.165, 1.54) is 12.8 Å². The van der Waals surface area contributed by atoms with Crippen LogP contribution in [-0.2, 0) is 61.9 Å². The molecule has 1 atom stereocenters. The van der Waals surface area contributed by atoms with Gasteiger partial charge in [-0.1, -0.05) is 90.0 Å². The molecule has 2 bridgehead atoms. The van der Waals surface area contributed by atoms with Crippen LogP contribution in [0.2, 0.25) is 0 Å². The number of halogens is 1. The van der Waals surface area contributed by atoms with Crippen molar-refractivity contribution in [3.63, 3.8) is 0 Å². The fourth-order valence-corrected chi connectivity index (χ4v) is 9.86. The number of alkyl carbamates (subject to hydrolysis) is 1. The van der Waals surface area contributed by atoms with Crippen molar-refractivity contribution in [2.45, 2.75) is 232 Å². The number of rotatable bonds is 46. The van der Waals surface area contributed by atoms with Crippen molar-refractivity contribution >= 4 is 41.9 Å². The van der Waals surface area contributed by atoms with Gasteiger partial charge in [0.25, 0.3) is 0 Å².